The van der Waals surface area contributed by atoms with Crippen LogP contribution in [0, 0.1) is 0 Å². The molecular formula is C18H26N2O2. The fourth-order valence-electron chi connectivity index (χ4n) is 3.39. The minimum absolute atomic E-state index is 0.0683. The molecule has 120 valence electrons. The fraction of sp³-hybridized carbons (Fsp3) is 0.611. The van der Waals surface area contributed by atoms with E-state index in [-0.39, 0.29) is 12.0 Å². The third kappa shape index (κ3) is 3.80. The zero-order valence-corrected chi connectivity index (χ0v) is 13.2. The van der Waals surface area contributed by atoms with Crippen molar-refractivity contribution in [2.75, 3.05) is 31.1 Å². The molecule has 4 heteroatoms. The summed E-state index contributed by atoms with van der Waals surface area (Å²) in [4.78, 5) is 14.4. The highest BCUT2D eigenvalue weighted by Gasteiger charge is 2.21. The minimum atomic E-state index is -0.218. The molecule has 1 atom stereocenters. The van der Waals surface area contributed by atoms with Gasteiger partial charge in [0.15, 0.2) is 0 Å². The van der Waals surface area contributed by atoms with Crippen molar-refractivity contribution in [3.05, 3.63) is 29.8 Å². The number of nitrogens with zero attached hydrogens (tertiary/aromatic N) is 1. The van der Waals surface area contributed by atoms with Crippen LogP contribution in [-0.2, 0) is 16.0 Å². The van der Waals surface area contributed by atoms with Crippen LogP contribution in [0.15, 0.2) is 24.3 Å². The van der Waals surface area contributed by atoms with Crippen LogP contribution < -0.4 is 10.2 Å². The minimum Gasteiger partial charge on any atom is -0.371 e. The van der Waals surface area contributed by atoms with Gasteiger partial charge in [-0.05, 0) is 50.2 Å². The second kappa shape index (κ2) is 7.63. The van der Waals surface area contributed by atoms with E-state index in [4.69, 9.17) is 4.74 Å². The summed E-state index contributed by atoms with van der Waals surface area (Å²) < 4.78 is 5.51. The van der Waals surface area contributed by atoms with Gasteiger partial charge in [0.25, 0.3) is 0 Å². The van der Waals surface area contributed by atoms with E-state index in [0.29, 0.717) is 0 Å². The summed E-state index contributed by atoms with van der Waals surface area (Å²) in [6.45, 7) is 3.58. The average molecular weight is 302 g/mol. The van der Waals surface area contributed by atoms with Crippen LogP contribution in [0.3, 0.4) is 0 Å². The maximum atomic E-state index is 12.0. The molecule has 22 heavy (non-hydrogen) atoms. The summed E-state index contributed by atoms with van der Waals surface area (Å²) in [5, 5.41) is 3.03. The molecular weight excluding hydrogens is 276 g/mol. The van der Waals surface area contributed by atoms with Crippen LogP contribution in [0.4, 0.5) is 5.69 Å². The zero-order valence-electron chi connectivity index (χ0n) is 13.2. The van der Waals surface area contributed by atoms with Gasteiger partial charge >= 0.3 is 0 Å². The van der Waals surface area contributed by atoms with Crippen LogP contribution >= 0.6 is 0 Å². The fourth-order valence-corrected chi connectivity index (χ4v) is 3.39. The second-order valence-corrected chi connectivity index (χ2v) is 6.22. The van der Waals surface area contributed by atoms with Crippen molar-refractivity contribution in [2.45, 2.75) is 44.6 Å². The number of amides is 1. The molecule has 2 aliphatic heterocycles. The van der Waals surface area contributed by atoms with Gasteiger partial charge in [0.05, 0.1) is 0 Å². The number of benzene rings is 1. The molecule has 0 bridgehead atoms. The molecule has 2 heterocycles. The lowest BCUT2D eigenvalue weighted by Crippen LogP contribution is -2.40. The molecule has 4 nitrogen and oxygen atoms in total. The van der Waals surface area contributed by atoms with Gasteiger partial charge in [-0.1, -0.05) is 18.2 Å². The van der Waals surface area contributed by atoms with E-state index >= 15 is 0 Å². The van der Waals surface area contributed by atoms with Crippen molar-refractivity contribution in [3.63, 3.8) is 0 Å². The number of hydrogen-bond acceptors (Lipinski definition) is 3. The highest BCUT2D eigenvalue weighted by atomic mass is 16.5. The van der Waals surface area contributed by atoms with Gasteiger partial charge in [-0.3, -0.25) is 4.79 Å². The molecule has 2 aliphatic rings. The number of carbonyl (C=O) groups excluding carboxylic acids is 1. The Morgan fingerprint density at radius 2 is 2.18 bits per heavy atom. The summed E-state index contributed by atoms with van der Waals surface area (Å²) in [6, 6.07) is 8.67. The second-order valence-electron chi connectivity index (χ2n) is 6.22. The quantitative estimate of drug-likeness (QED) is 0.850. The zero-order chi connectivity index (χ0) is 15.2. The van der Waals surface area contributed by atoms with Crippen molar-refractivity contribution in [1.82, 2.24) is 5.32 Å². The van der Waals surface area contributed by atoms with Crippen molar-refractivity contribution in [3.8, 4) is 0 Å². The van der Waals surface area contributed by atoms with E-state index in [9.17, 15) is 4.79 Å². The molecule has 0 aliphatic carbocycles. The molecule has 0 radical (unpaired) electrons. The topological polar surface area (TPSA) is 41.6 Å². The molecule has 1 aromatic rings. The summed E-state index contributed by atoms with van der Waals surface area (Å²) in [5.41, 5.74) is 2.82. The van der Waals surface area contributed by atoms with Crippen LogP contribution in [0.2, 0.25) is 0 Å². The van der Waals surface area contributed by atoms with Crippen molar-refractivity contribution in [1.29, 1.82) is 0 Å². The first-order valence-corrected chi connectivity index (χ1v) is 8.57. The van der Waals surface area contributed by atoms with Gasteiger partial charge in [0.2, 0.25) is 5.91 Å². The van der Waals surface area contributed by atoms with Crippen molar-refractivity contribution < 1.29 is 9.53 Å². The Morgan fingerprint density at radius 1 is 1.27 bits per heavy atom. The highest BCUT2D eigenvalue weighted by molar-refractivity contribution is 5.80. The lowest BCUT2D eigenvalue weighted by atomic mass is 10.0. The number of hydrogen-bond donors (Lipinski definition) is 1. The number of rotatable bonds is 5. The molecule has 0 saturated carbocycles. The third-order valence-corrected chi connectivity index (χ3v) is 4.58. The Hall–Kier alpha value is -1.55. The number of anilines is 1. The number of aryl methyl sites for hydroxylation is 1. The van der Waals surface area contributed by atoms with E-state index in [1.165, 1.54) is 24.1 Å². The first-order valence-electron chi connectivity index (χ1n) is 8.57. The standard InChI is InChI=1S/C18H26N2O2/c21-18(17-10-3-4-14-22-17)19-11-6-13-20-12-5-8-15-7-1-2-9-16(15)20/h1-2,7,9,17H,3-6,8,10-14H2,(H,19,21). The smallest absolute Gasteiger partial charge is 0.249 e. The molecule has 0 spiro atoms. The van der Waals surface area contributed by atoms with Crippen LogP contribution in [0.1, 0.15) is 37.7 Å². The SMILES string of the molecule is O=C(NCCCN1CCCc2ccccc21)C1CCCCO1. The normalized spacial score (nSPS) is 21.3. The Bertz CT molecular complexity index is 498. The molecule has 1 unspecified atom stereocenters. The maximum absolute atomic E-state index is 12.0. The number of nitrogens with one attached hydrogen (secondary N) is 1. The molecule has 1 fully saturated rings. The van der Waals surface area contributed by atoms with E-state index in [2.05, 4.69) is 34.5 Å². The lowest BCUT2D eigenvalue weighted by molar-refractivity contribution is -0.135. The van der Waals surface area contributed by atoms with Crippen molar-refractivity contribution >= 4 is 11.6 Å². The van der Waals surface area contributed by atoms with E-state index in [0.717, 1.165) is 51.9 Å². The average Bonchev–Trinajstić information content (AvgIpc) is 2.59. The monoisotopic (exact) mass is 302 g/mol. The molecule has 1 N–H and O–H groups in total. The Balaban J connectivity index is 1.41. The third-order valence-electron chi connectivity index (χ3n) is 4.58. The van der Waals surface area contributed by atoms with Crippen LogP contribution in [0.25, 0.3) is 0 Å². The summed E-state index contributed by atoms with van der Waals surface area (Å²) >= 11 is 0. The molecule has 1 saturated heterocycles. The van der Waals surface area contributed by atoms with Crippen molar-refractivity contribution in [2.24, 2.45) is 0 Å². The van der Waals surface area contributed by atoms with Gasteiger partial charge < -0.3 is 15.0 Å². The van der Waals surface area contributed by atoms with Gasteiger partial charge in [0.1, 0.15) is 6.10 Å². The molecule has 1 aromatic carbocycles. The summed E-state index contributed by atoms with van der Waals surface area (Å²) in [6.07, 6.45) is 6.21. The number of ether oxygens (including phenoxy) is 1. The van der Waals surface area contributed by atoms with Crippen LogP contribution in [0.5, 0.6) is 0 Å². The first-order chi connectivity index (χ1) is 10.8. The van der Waals surface area contributed by atoms with E-state index in [1.807, 2.05) is 0 Å². The molecule has 3 rings (SSSR count). The highest BCUT2D eigenvalue weighted by Crippen LogP contribution is 2.26. The Kier molecular flexibility index (Phi) is 5.33. The van der Waals surface area contributed by atoms with Gasteiger partial charge in [0, 0.05) is 31.9 Å². The number of fused-ring (bicyclic) bond motifs is 1. The molecule has 0 aromatic heterocycles. The van der Waals surface area contributed by atoms with Gasteiger partial charge in [-0.2, -0.15) is 0 Å². The summed E-state index contributed by atoms with van der Waals surface area (Å²) in [7, 11) is 0. The Labute approximate surface area is 132 Å². The van der Waals surface area contributed by atoms with Crippen LogP contribution in [-0.4, -0.2) is 38.3 Å². The molecule has 1 amide bonds. The maximum Gasteiger partial charge on any atom is 0.249 e. The predicted octanol–water partition coefficient (Wildman–Crippen LogP) is 2.51. The predicted molar refractivity (Wildman–Crippen MR) is 88.2 cm³/mol. The largest absolute Gasteiger partial charge is 0.371 e. The summed E-state index contributed by atoms with van der Waals surface area (Å²) in [5.74, 6) is 0.0683. The Morgan fingerprint density at radius 3 is 3.05 bits per heavy atom. The van der Waals surface area contributed by atoms with E-state index < -0.39 is 0 Å². The van der Waals surface area contributed by atoms with Gasteiger partial charge in [-0.15, -0.1) is 0 Å². The van der Waals surface area contributed by atoms with Gasteiger partial charge in [-0.25, -0.2) is 0 Å². The first kappa shape index (κ1) is 15.3. The number of carbonyl (C=O) groups is 1. The lowest BCUT2D eigenvalue weighted by Gasteiger charge is -2.31. The van der Waals surface area contributed by atoms with E-state index in [1.54, 1.807) is 0 Å². The number of para-hydroxylation sites is 1.